The Labute approximate surface area is 87.5 Å². The van der Waals surface area contributed by atoms with E-state index in [0.717, 1.165) is 13.1 Å². The summed E-state index contributed by atoms with van der Waals surface area (Å²) < 4.78 is 0. The Morgan fingerprint density at radius 1 is 1.50 bits per heavy atom. The molecule has 1 saturated carbocycles. The number of nitrogens with zero attached hydrogens (tertiary/aromatic N) is 1. The molecule has 0 saturated heterocycles. The normalized spacial score (nSPS) is 21.2. The lowest BCUT2D eigenvalue weighted by atomic mass is 9.93. The third-order valence-corrected chi connectivity index (χ3v) is 3.30. The van der Waals surface area contributed by atoms with Crippen molar-refractivity contribution in [3.05, 3.63) is 0 Å². The number of hydrogen-bond donors (Lipinski definition) is 2. The minimum atomic E-state index is -0.0517. The van der Waals surface area contributed by atoms with Crippen molar-refractivity contribution in [2.24, 2.45) is 5.92 Å². The molecule has 3 nitrogen and oxygen atoms in total. The summed E-state index contributed by atoms with van der Waals surface area (Å²) in [5.74, 6) is 0.678. The minimum Gasteiger partial charge on any atom is -0.394 e. The largest absolute Gasteiger partial charge is 0.394 e. The van der Waals surface area contributed by atoms with Gasteiger partial charge in [-0.3, -0.25) is 0 Å². The second-order valence-corrected chi connectivity index (χ2v) is 4.58. The van der Waals surface area contributed by atoms with Crippen LogP contribution in [0.15, 0.2) is 0 Å². The highest BCUT2D eigenvalue weighted by atomic mass is 16.3. The summed E-state index contributed by atoms with van der Waals surface area (Å²) in [5.41, 5.74) is -0.0517. The van der Waals surface area contributed by atoms with E-state index in [1.165, 1.54) is 19.3 Å². The fourth-order valence-electron chi connectivity index (χ4n) is 2.25. The van der Waals surface area contributed by atoms with E-state index in [1.807, 2.05) is 7.05 Å². The van der Waals surface area contributed by atoms with Crippen molar-refractivity contribution >= 4 is 0 Å². The summed E-state index contributed by atoms with van der Waals surface area (Å²) in [4.78, 5) is 2.31. The van der Waals surface area contributed by atoms with Crippen LogP contribution in [-0.4, -0.2) is 49.3 Å². The van der Waals surface area contributed by atoms with Crippen LogP contribution in [0.4, 0.5) is 0 Å². The van der Waals surface area contributed by atoms with E-state index in [4.69, 9.17) is 0 Å². The predicted octanol–water partition coefficient (Wildman–Crippen LogP) is 0.689. The Bertz CT molecular complexity index is 165. The first kappa shape index (κ1) is 12.0. The van der Waals surface area contributed by atoms with Crippen LogP contribution in [0.5, 0.6) is 0 Å². The lowest BCUT2D eigenvalue weighted by Gasteiger charge is -2.35. The Morgan fingerprint density at radius 3 is 2.50 bits per heavy atom. The molecule has 1 rings (SSSR count). The summed E-state index contributed by atoms with van der Waals surface area (Å²) >= 11 is 0. The molecule has 1 fully saturated rings. The van der Waals surface area contributed by atoms with Crippen molar-refractivity contribution in [3.8, 4) is 0 Å². The maximum absolute atomic E-state index is 9.51. The predicted molar refractivity (Wildman–Crippen MR) is 59.4 cm³/mol. The van der Waals surface area contributed by atoms with Gasteiger partial charge in [-0.25, -0.2) is 0 Å². The number of nitrogens with one attached hydrogen (secondary N) is 1. The first-order chi connectivity index (χ1) is 6.68. The van der Waals surface area contributed by atoms with Gasteiger partial charge in [0.05, 0.1) is 12.1 Å². The molecule has 0 spiro atoms. The van der Waals surface area contributed by atoms with E-state index >= 15 is 0 Å². The molecule has 0 bridgehead atoms. The van der Waals surface area contributed by atoms with Crippen LogP contribution in [0.2, 0.25) is 0 Å². The lowest BCUT2D eigenvalue weighted by molar-refractivity contribution is 0.108. The second kappa shape index (κ2) is 5.10. The van der Waals surface area contributed by atoms with Gasteiger partial charge in [0.15, 0.2) is 0 Å². The average Bonchev–Trinajstić information content (AvgIpc) is 2.98. The molecule has 1 atom stereocenters. The van der Waals surface area contributed by atoms with Crippen LogP contribution in [0.3, 0.4) is 0 Å². The molecule has 0 radical (unpaired) electrons. The third kappa shape index (κ3) is 2.69. The van der Waals surface area contributed by atoms with Gasteiger partial charge in [0, 0.05) is 6.54 Å². The fraction of sp³-hybridized carbons (Fsp3) is 1.00. The summed E-state index contributed by atoms with van der Waals surface area (Å²) in [5, 5.41) is 12.8. The van der Waals surface area contributed by atoms with Crippen LogP contribution in [0.25, 0.3) is 0 Å². The van der Waals surface area contributed by atoms with Crippen LogP contribution >= 0.6 is 0 Å². The molecular weight excluding hydrogens is 176 g/mol. The van der Waals surface area contributed by atoms with Gasteiger partial charge >= 0.3 is 0 Å². The molecule has 1 unspecified atom stereocenters. The standard InChI is InChI=1S/C11H24N2O/c1-4-7-13(3)8-11(9-14,12-2)10-5-6-10/h10,12,14H,4-9H2,1-3H3. The highest BCUT2D eigenvalue weighted by Gasteiger charge is 2.44. The van der Waals surface area contributed by atoms with Crippen molar-refractivity contribution in [2.45, 2.75) is 31.7 Å². The van der Waals surface area contributed by atoms with Gasteiger partial charge in [-0.05, 0) is 45.8 Å². The van der Waals surface area contributed by atoms with Gasteiger partial charge in [-0.15, -0.1) is 0 Å². The zero-order valence-corrected chi connectivity index (χ0v) is 9.71. The molecule has 0 amide bonds. The van der Waals surface area contributed by atoms with Crippen molar-refractivity contribution in [1.82, 2.24) is 10.2 Å². The number of aliphatic hydroxyl groups excluding tert-OH is 1. The minimum absolute atomic E-state index is 0.0517. The van der Waals surface area contributed by atoms with E-state index < -0.39 is 0 Å². The number of rotatable bonds is 7. The molecule has 1 aliphatic rings. The summed E-state index contributed by atoms with van der Waals surface area (Å²) in [7, 11) is 4.10. The Hall–Kier alpha value is -0.120. The molecule has 14 heavy (non-hydrogen) atoms. The molecule has 0 heterocycles. The quantitative estimate of drug-likeness (QED) is 0.634. The maximum atomic E-state index is 9.51. The Kier molecular flexibility index (Phi) is 4.35. The highest BCUT2D eigenvalue weighted by molar-refractivity contribution is 5.01. The number of likely N-dealkylation sites (N-methyl/N-ethyl adjacent to an activating group) is 2. The highest BCUT2D eigenvalue weighted by Crippen LogP contribution is 2.39. The van der Waals surface area contributed by atoms with Crippen LogP contribution in [0, 0.1) is 5.92 Å². The first-order valence-corrected chi connectivity index (χ1v) is 5.67. The number of hydrogen-bond acceptors (Lipinski definition) is 3. The third-order valence-electron chi connectivity index (χ3n) is 3.30. The van der Waals surface area contributed by atoms with Gasteiger partial charge < -0.3 is 15.3 Å². The molecule has 0 aromatic rings. The molecule has 3 heteroatoms. The van der Waals surface area contributed by atoms with Gasteiger partial charge in [-0.1, -0.05) is 6.92 Å². The van der Waals surface area contributed by atoms with Crippen molar-refractivity contribution < 1.29 is 5.11 Å². The molecule has 1 aliphatic carbocycles. The molecule has 2 N–H and O–H groups in total. The summed E-state index contributed by atoms with van der Waals surface area (Å²) in [6.45, 7) is 4.50. The van der Waals surface area contributed by atoms with Crippen molar-refractivity contribution in [2.75, 3.05) is 33.8 Å². The van der Waals surface area contributed by atoms with Gasteiger partial charge in [0.1, 0.15) is 0 Å². The monoisotopic (exact) mass is 200 g/mol. The average molecular weight is 200 g/mol. The van der Waals surface area contributed by atoms with E-state index in [-0.39, 0.29) is 12.1 Å². The number of aliphatic hydroxyl groups is 1. The molecular formula is C11H24N2O. The van der Waals surface area contributed by atoms with Gasteiger partial charge in [-0.2, -0.15) is 0 Å². The van der Waals surface area contributed by atoms with Crippen LogP contribution < -0.4 is 5.32 Å². The topological polar surface area (TPSA) is 35.5 Å². The lowest BCUT2D eigenvalue weighted by Crippen LogP contribution is -2.56. The molecule has 0 aliphatic heterocycles. The fourth-order valence-corrected chi connectivity index (χ4v) is 2.25. The van der Waals surface area contributed by atoms with E-state index in [9.17, 15) is 5.11 Å². The second-order valence-electron chi connectivity index (χ2n) is 4.58. The zero-order chi connectivity index (χ0) is 10.6. The van der Waals surface area contributed by atoms with E-state index in [0.29, 0.717) is 5.92 Å². The summed E-state index contributed by atoms with van der Waals surface area (Å²) in [6, 6.07) is 0. The SMILES string of the molecule is CCCN(C)CC(CO)(NC)C1CC1. The molecule has 84 valence electrons. The van der Waals surface area contributed by atoms with Crippen molar-refractivity contribution in [1.29, 1.82) is 0 Å². The summed E-state index contributed by atoms with van der Waals surface area (Å²) in [6.07, 6.45) is 3.70. The Morgan fingerprint density at radius 2 is 2.14 bits per heavy atom. The molecule has 0 aromatic carbocycles. The Balaban J connectivity index is 2.49. The van der Waals surface area contributed by atoms with E-state index in [2.05, 4.69) is 24.2 Å². The van der Waals surface area contributed by atoms with Crippen LogP contribution in [-0.2, 0) is 0 Å². The smallest absolute Gasteiger partial charge is 0.0628 e. The zero-order valence-electron chi connectivity index (χ0n) is 9.71. The van der Waals surface area contributed by atoms with Gasteiger partial charge in [0.2, 0.25) is 0 Å². The first-order valence-electron chi connectivity index (χ1n) is 5.67. The van der Waals surface area contributed by atoms with Crippen LogP contribution in [0.1, 0.15) is 26.2 Å². The van der Waals surface area contributed by atoms with Gasteiger partial charge in [0.25, 0.3) is 0 Å². The van der Waals surface area contributed by atoms with E-state index in [1.54, 1.807) is 0 Å². The van der Waals surface area contributed by atoms with Crippen molar-refractivity contribution in [3.63, 3.8) is 0 Å². The molecule has 0 aromatic heterocycles. The maximum Gasteiger partial charge on any atom is 0.0628 e.